The largest absolute Gasteiger partial charge is 0.383 e. The van der Waals surface area contributed by atoms with E-state index < -0.39 is 5.92 Å². The van der Waals surface area contributed by atoms with Gasteiger partial charge in [0.1, 0.15) is 0 Å². The molecule has 0 radical (unpaired) electrons. The first-order chi connectivity index (χ1) is 16.2. The number of ether oxygens (including phenoxy) is 1. The molecule has 3 aromatic rings. The molecule has 164 valence electrons. The maximum absolute atomic E-state index is 13.0. The Balaban J connectivity index is 1.39. The summed E-state index contributed by atoms with van der Waals surface area (Å²) in [6.45, 7) is 1.05. The van der Waals surface area contributed by atoms with Crippen LogP contribution >= 0.6 is 0 Å². The summed E-state index contributed by atoms with van der Waals surface area (Å²) >= 11 is 0. The minimum absolute atomic E-state index is 0.268. The molecule has 33 heavy (non-hydrogen) atoms. The smallest absolute Gasteiger partial charge is 0.276 e. The molecule has 0 bridgehead atoms. The normalized spacial score (nSPS) is 17.0. The van der Waals surface area contributed by atoms with Gasteiger partial charge in [0.2, 0.25) is 0 Å². The Morgan fingerprint density at radius 1 is 1.09 bits per heavy atom. The van der Waals surface area contributed by atoms with Crippen LogP contribution in [0.1, 0.15) is 16.1 Å². The number of nitrogens with one attached hydrogen (secondary N) is 1. The fourth-order valence-electron chi connectivity index (χ4n) is 3.97. The Bertz CT molecular complexity index is 1360. The fraction of sp³-hybridized carbons (Fsp3) is 0.160. The minimum atomic E-state index is -0.400. The van der Waals surface area contributed by atoms with Crippen molar-refractivity contribution in [3.8, 4) is 0 Å². The molecule has 0 spiro atoms. The number of hydrogen-bond donors (Lipinski definition) is 1. The van der Waals surface area contributed by atoms with E-state index in [0.29, 0.717) is 30.2 Å². The summed E-state index contributed by atoms with van der Waals surface area (Å²) in [5, 5.41) is 16.1. The van der Waals surface area contributed by atoms with Crippen molar-refractivity contribution in [2.45, 2.75) is 6.54 Å². The molecule has 1 aliphatic heterocycles. The first-order valence-electron chi connectivity index (χ1n) is 10.6. The number of azo groups is 1. The number of allylic oxidation sites excluding steroid dienone is 3. The Morgan fingerprint density at radius 3 is 2.73 bits per heavy atom. The minimum Gasteiger partial charge on any atom is -0.383 e. The summed E-state index contributed by atoms with van der Waals surface area (Å²) < 4.78 is 6.93. The average molecular weight is 439 g/mol. The van der Waals surface area contributed by atoms with E-state index in [0.717, 1.165) is 22.0 Å². The van der Waals surface area contributed by atoms with Gasteiger partial charge in [-0.25, -0.2) is 0 Å². The van der Waals surface area contributed by atoms with E-state index in [-0.39, 0.29) is 11.8 Å². The third kappa shape index (κ3) is 3.92. The van der Waals surface area contributed by atoms with Crippen molar-refractivity contribution in [3.05, 3.63) is 89.7 Å². The van der Waals surface area contributed by atoms with E-state index in [9.17, 15) is 9.59 Å². The predicted molar refractivity (Wildman–Crippen MR) is 125 cm³/mol. The molecular weight excluding hydrogens is 418 g/mol. The van der Waals surface area contributed by atoms with E-state index in [1.54, 1.807) is 23.9 Å². The summed E-state index contributed by atoms with van der Waals surface area (Å²) in [4.78, 5) is 25.0. The van der Waals surface area contributed by atoms with Gasteiger partial charge < -0.3 is 10.1 Å². The van der Waals surface area contributed by atoms with Gasteiger partial charge in [-0.05, 0) is 23.8 Å². The van der Waals surface area contributed by atoms with Gasteiger partial charge in [-0.15, -0.1) is 10.2 Å². The number of anilines is 1. The van der Waals surface area contributed by atoms with Gasteiger partial charge in [0, 0.05) is 23.7 Å². The highest BCUT2D eigenvalue weighted by molar-refractivity contribution is 6.11. The summed E-state index contributed by atoms with van der Waals surface area (Å²) in [5.74, 6) is -0.959. The third-order valence-corrected chi connectivity index (χ3v) is 5.61. The van der Waals surface area contributed by atoms with Crippen LogP contribution < -0.4 is 5.32 Å². The molecule has 1 atom stereocenters. The first-order valence-corrected chi connectivity index (χ1v) is 10.6. The standard InChI is InChI=1S/C25H21N5O3/c1-33-15-14-30-21-9-5-4-8-20(21)23(29-30)25(32)26-17-12-10-16(11-13-17)22-18-6-2-3-7-19(18)24(31)28-27-22/h2-13,19H,14-15H2,1H3,(H,26,32). The first kappa shape index (κ1) is 20.7. The number of benzene rings is 2. The molecule has 1 aliphatic carbocycles. The third-order valence-electron chi connectivity index (χ3n) is 5.61. The summed E-state index contributed by atoms with van der Waals surface area (Å²) in [5.41, 5.74) is 4.16. The van der Waals surface area contributed by atoms with Gasteiger partial charge in [-0.3, -0.25) is 14.3 Å². The molecule has 2 aliphatic rings. The van der Waals surface area contributed by atoms with Crippen LogP contribution in [-0.2, 0) is 16.1 Å². The van der Waals surface area contributed by atoms with Crippen molar-refractivity contribution < 1.29 is 14.3 Å². The van der Waals surface area contributed by atoms with Crippen LogP contribution in [0.25, 0.3) is 16.6 Å². The number of carbonyl (C=O) groups is 2. The molecule has 8 heteroatoms. The van der Waals surface area contributed by atoms with E-state index in [4.69, 9.17) is 4.74 Å². The number of fused-ring (bicyclic) bond motifs is 2. The number of nitrogens with zero attached hydrogens (tertiary/aromatic N) is 4. The van der Waals surface area contributed by atoms with Crippen LogP contribution in [0.15, 0.2) is 88.6 Å². The second kappa shape index (κ2) is 8.76. The molecule has 0 fully saturated rings. The Hall–Kier alpha value is -4.17. The van der Waals surface area contributed by atoms with Crippen LogP contribution in [0.2, 0.25) is 0 Å². The number of amides is 2. The number of methoxy groups -OCH3 is 1. The topological polar surface area (TPSA) is 97.9 Å². The molecule has 8 nitrogen and oxygen atoms in total. The van der Waals surface area contributed by atoms with Gasteiger partial charge in [0.15, 0.2) is 5.69 Å². The number of carbonyl (C=O) groups excluding carboxylic acids is 2. The molecule has 1 N–H and O–H groups in total. The van der Waals surface area contributed by atoms with Crippen molar-refractivity contribution in [1.29, 1.82) is 0 Å². The average Bonchev–Trinajstić information content (AvgIpc) is 3.23. The van der Waals surface area contributed by atoms with E-state index >= 15 is 0 Å². The monoisotopic (exact) mass is 439 g/mol. The van der Waals surface area contributed by atoms with Gasteiger partial charge >= 0.3 is 0 Å². The van der Waals surface area contributed by atoms with Crippen LogP contribution in [0, 0.1) is 5.92 Å². The number of hydrogen-bond acceptors (Lipinski definition) is 5. The van der Waals surface area contributed by atoms with E-state index in [2.05, 4.69) is 20.6 Å². The maximum atomic E-state index is 13.0. The van der Waals surface area contributed by atoms with Crippen molar-refractivity contribution in [3.63, 3.8) is 0 Å². The van der Waals surface area contributed by atoms with Gasteiger partial charge in [0.05, 0.1) is 30.3 Å². The lowest BCUT2D eigenvalue weighted by molar-refractivity contribution is -0.119. The molecule has 0 saturated heterocycles. The van der Waals surface area contributed by atoms with E-state index in [1.807, 2.05) is 60.7 Å². The maximum Gasteiger partial charge on any atom is 0.276 e. The Morgan fingerprint density at radius 2 is 1.91 bits per heavy atom. The Labute approximate surface area is 190 Å². The van der Waals surface area contributed by atoms with Crippen molar-refractivity contribution in [2.24, 2.45) is 16.1 Å². The molecule has 2 aromatic carbocycles. The van der Waals surface area contributed by atoms with Crippen LogP contribution in [-0.4, -0.2) is 35.3 Å². The Kier molecular flexibility index (Phi) is 5.50. The lowest BCUT2D eigenvalue weighted by Gasteiger charge is -2.19. The van der Waals surface area contributed by atoms with Gasteiger partial charge in [-0.1, -0.05) is 54.6 Å². The zero-order valence-corrected chi connectivity index (χ0v) is 17.9. The molecule has 5 rings (SSSR count). The highest BCUT2D eigenvalue weighted by atomic mass is 16.5. The second-order valence-corrected chi connectivity index (χ2v) is 7.68. The summed E-state index contributed by atoms with van der Waals surface area (Å²) in [7, 11) is 1.63. The molecular formula is C25H21N5O3. The predicted octanol–water partition coefficient (Wildman–Crippen LogP) is 4.38. The van der Waals surface area contributed by atoms with E-state index in [1.165, 1.54) is 0 Å². The zero-order chi connectivity index (χ0) is 22.8. The van der Waals surface area contributed by atoms with Crippen molar-refractivity contribution in [2.75, 3.05) is 19.0 Å². The molecule has 2 heterocycles. The van der Waals surface area contributed by atoms with Crippen molar-refractivity contribution in [1.82, 2.24) is 9.78 Å². The molecule has 1 aromatic heterocycles. The highest BCUT2D eigenvalue weighted by Crippen LogP contribution is 2.34. The van der Waals surface area contributed by atoms with Crippen molar-refractivity contribution >= 4 is 34.1 Å². The SMILES string of the molecule is COCCn1nc(C(=O)Nc2ccc(C3=C4C=CC=CC4C(=O)N=N3)cc2)c2ccccc21. The molecule has 2 amide bonds. The second-order valence-electron chi connectivity index (χ2n) is 7.68. The zero-order valence-electron chi connectivity index (χ0n) is 17.9. The number of aromatic nitrogens is 2. The van der Waals surface area contributed by atoms with Gasteiger partial charge in [-0.2, -0.15) is 5.10 Å². The lowest BCUT2D eigenvalue weighted by atomic mass is 9.89. The van der Waals surface area contributed by atoms with Crippen LogP contribution in [0.3, 0.4) is 0 Å². The number of rotatable bonds is 6. The fourth-order valence-corrected chi connectivity index (χ4v) is 3.97. The quantitative estimate of drug-likeness (QED) is 0.616. The number of para-hydroxylation sites is 1. The van der Waals surface area contributed by atoms with Crippen LogP contribution in [0.4, 0.5) is 5.69 Å². The lowest BCUT2D eigenvalue weighted by Crippen LogP contribution is -2.17. The summed E-state index contributed by atoms with van der Waals surface area (Å²) in [6.07, 6.45) is 7.42. The van der Waals surface area contributed by atoms with Crippen LogP contribution in [0.5, 0.6) is 0 Å². The highest BCUT2D eigenvalue weighted by Gasteiger charge is 2.27. The molecule has 0 saturated carbocycles. The molecule has 1 unspecified atom stereocenters. The van der Waals surface area contributed by atoms with Gasteiger partial charge in [0.25, 0.3) is 11.8 Å². The summed E-state index contributed by atoms with van der Waals surface area (Å²) in [6, 6.07) is 14.9.